The highest BCUT2D eigenvalue weighted by Crippen LogP contribution is 2.27. The number of ether oxygens (including phenoxy) is 1. The Bertz CT molecular complexity index is 1350. The Morgan fingerprint density at radius 2 is 1.69 bits per heavy atom. The summed E-state index contributed by atoms with van der Waals surface area (Å²) in [6, 6.07) is 24.4. The van der Waals surface area contributed by atoms with Gasteiger partial charge in [-0.05, 0) is 48.5 Å². The third-order valence-corrected chi connectivity index (χ3v) is 4.77. The second-order valence-electron chi connectivity index (χ2n) is 6.96. The van der Waals surface area contributed by atoms with E-state index in [1.54, 1.807) is 11.0 Å². The highest BCUT2D eigenvalue weighted by atomic mass is 16.5. The van der Waals surface area contributed by atoms with Crippen molar-refractivity contribution in [2.24, 2.45) is 0 Å². The van der Waals surface area contributed by atoms with Crippen molar-refractivity contribution in [1.29, 1.82) is 0 Å². The fourth-order valence-electron chi connectivity index (χ4n) is 3.24. The van der Waals surface area contributed by atoms with Gasteiger partial charge in [-0.2, -0.15) is 10.1 Å². The second kappa shape index (κ2) is 8.65. The highest BCUT2D eigenvalue weighted by molar-refractivity contribution is 5.92. The molecule has 8 nitrogen and oxygen atoms in total. The molecule has 3 aromatic carbocycles. The SMILES string of the molecule is O=C(COc1nc(-c2ccc(-n3cncn3)cc2)nc2ccccc12)Nc1ccccc1. The van der Waals surface area contributed by atoms with E-state index in [9.17, 15) is 4.79 Å². The van der Waals surface area contributed by atoms with Crippen LogP contribution in [0.2, 0.25) is 0 Å². The van der Waals surface area contributed by atoms with Crippen LogP contribution in [0, 0.1) is 0 Å². The Morgan fingerprint density at radius 1 is 0.906 bits per heavy atom. The maximum Gasteiger partial charge on any atom is 0.262 e. The van der Waals surface area contributed by atoms with E-state index >= 15 is 0 Å². The van der Waals surface area contributed by atoms with Crippen molar-refractivity contribution in [3.05, 3.63) is 91.5 Å². The summed E-state index contributed by atoms with van der Waals surface area (Å²) in [4.78, 5) is 25.6. The van der Waals surface area contributed by atoms with Crippen molar-refractivity contribution in [1.82, 2.24) is 24.7 Å². The van der Waals surface area contributed by atoms with Crippen LogP contribution in [-0.4, -0.2) is 37.2 Å². The molecule has 156 valence electrons. The Labute approximate surface area is 183 Å². The Balaban J connectivity index is 1.41. The molecule has 1 amide bonds. The number of rotatable bonds is 6. The first kappa shape index (κ1) is 19.4. The number of benzene rings is 3. The van der Waals surface area contributed by atoms with E-state index in [1.807, 2.05) is 78.9 Å². The van der Waals surface area contributed by atoms with Crippen LogP contribution in [0.3, 0.4) is 0 Å². The summed E-state index contributed by atoms with van der Waals surface area (Å²) in [5.74, 6) is 0.596. The molecule has 0 spiro atoms. The van der Waals surface area contributed by atoms with E-state index in [1.165, 1.54) is 6.33 Å². The van der Waals surface area contributed by atoms with Crippen LogP contribution < -0.4 is 10.1 Å². The average Bonchev–Trinajstić information content (AvgIpc) is 3.38. The van der Waals surface area contributed by atoms with Gasteiger partial charge >= 0.3 is 0 Å². The molecule has 0 saturated carbocycles. The van der Waals surface area contributed by atoms with Crippen molar-refractivity contribution in [3.63, 3.8) is 0 Å². The number of carbonyl (C=O) groups excluding carboxylic acids is 1. The number of aromatic nitrogens is 5. The van der Waals surface area contributed by atoms with Crippen LogP contribution in [0.5, 0.6) is 5.88 Å². The number of para-hydroxylation sites is 2. The number of fused-ring (bicyclic) bond motifs is 1. The minimum Gasteiger partial charge on any atom is -0.467 e. The molecule has 0 aliphatic heterocycles. The van der Waals surface area contributed by atoms with Crippen LogP contribution in [0.15, 0.2) is 91.5 Å². The first-order chi connectivity index (χ1) is 15.8. The Kier molecular flexibility index (Phi) is 5.24. The van der Waals surface area contributed by atoms with Gasteiger partial charge in [0.15, 0.2) is 12.4 Å². The summed E-state index contributed by atoms with van der Waals surface area (Å²) in [5.41, 5.74) is 3.14. The summed E-state index contributed by atoms with van der Waals surface area (Å²) >= 11 is 0. The number of amides is 1. The number of carbonyl (C=O) groups is 1. The van der Waals surface area contributed by atoms with Gasteiger partial charge < -0.3 is 10.1 Å². The summed E-state index contributed by atoms with van der Waals surface area (Å²) in [5, 5.41) is 7.68. The summed E-state index contributed by atoms with van der Waals surface area (Å²) in [7, 11) is 0. The van der Waals surface area contributed by atoms with Gasteiger partial charge in [-0.3, -0.25) is 4.79 Å². The molecular formula is C24H18N6O2. The normalized spacial score (nSPS) is 10.8. The van der Waals surface area contributed by atoms with Crippen LogP contribution >= 0.6 is 0 Å². The van der Waals surface area contributed by atoms with E-state index < -0.39 is 0 Å². The third-order valence-electron chi connectivity index (χ3n) is 4.77. The van der Waals surface area contributed by atoms with Crippen molar-refractivity contribution in [2.75, 3.05) is 11.9 Å². The van der Waals surface area contributed by atoms with Crippen LogP contribution in [0.25, 0.3) is 28.0 Å². The molecule has 0 aliphatic carbocycles. The lowest BCUT2D eigenvalue weighted by atomic mass is 10.1. The fraction of sp³-hybridized carbons (Fsp3) is 0.0417. The zero-order chi connectivity index (χ0) is 21.8. The average molecular weight is 422 g/mol. The van der Waals surface area contributed by atoms with E-state index in [4.69, 9.17) is 4.74 Å². The molecule has 5 rings (SSSR count). The van der Waals surface area contributed by atoms with Crippen LogP contribution in [-0.2, 0) is 4.79 Å². The van der Waals surface area contributed by atoms with Gasteiger partial charge in [0.05, 0.1) is 16.6 Å². The van der Waals surface area contributed by atoms with Gasteiger partial charge in [-0.1, -0.05) is 30.3 Å². The lowest BCUT2D eigenvalue weighted by Crippen LogP contribution is -2.20. The van der Waals surface area contributed by atoms with Gasteiger partial charge in [0.25, 0.3) is 5.91 Å². The summed E-state index contributed by atoms with van der Waals surface area (Å²) < 4.78 is 7.48. The molecule has 0 saturated heterocycles. The third kappa shape index (κ3) is 4.15. The second-order valence-corrected chi connectivity index (χ2v) is 6.96. The molecular weight excluding hydrogens is 404 g/mol. The van der Waals surface area contributed by atoms with Gasteiger partial charge in [0.2, 0.25) is 5.88 Å². The van der Waals surface area contributed by atoms with E-state index in [2.05, 4.69) is 25.4 Å². The van der Waals surface area contributed by atoms with Crippen molar-refractivity contribution < 1.29 is 9.53 Å². The molecule has 0 bridgehead atoms. The minimum absolute atomic E-state index is 0.166. The highest BCUT2D eigenvalue weighted by Gasteiger charge is 2.12. The smallest absolute Gasteiger partial charge is 0.262 e. The first-order valence-corrected chi connectivity index (χ1v) is 9.96. The van der Waals surface area contributed by atoms with Crippen molar-refractivity contribution in [2.45, 2.75) is 0 Å². The van der Waals surface area contributed by atoms with Crippen molar-refractivity contribution >= 4 is 22.5 Å². The summed E-state index contributed by atoms with van der Waals surface area (Å²) in [6.07, 6.45) is 3.12. The molecule has 0 fully saturated rings. The molecule has 0 unspecified atom stereocenters. The van der Waals surface area contributed by atoms with E-state index in [0.29, 0.717) is 17.4 Å². The maximum atomic E-state index is 12.3. The number of hydrogen-bond acceptors (Lipinski definition) is 6. The number of nitrogens with one attached hydrogen (secondary N) is 1. The quantitative estimate of drug-likeness (QED) is 0.446. The Hall–Kier alpha value is -4.59. The zero-order valence-electron chi connectivity index (χ0n) is 16.9. The molecule has 2 aromatic heterocycles. The molecule has 5 aromatic rings. The van der Waals surface area contributed by atoms with E-state index in [-0.39, 0.29) is 12.5 Å². The van der Waals surface area contributed by atoms with Crippen LogP contribution in [0.1, 0.15) is 0 Å². The molecule has 8 heteroatoms. The van der Waals surface area contributed by atoms with Gasteiger partial charge in [0.1, 0.15) is 12.7 Å². The maximum absolute atomic E-state index is 12.3. The minimum atomic E-state index is -0.266. The molecule has 2 heterocycles. The lowest BCUT2D eigenvalue weighted by molar-refractivity contribution is -0.118. The lowest BCUT2D eigenvalue weighted by Gasteiger charge is -2.11. The first-order valence-electron chi connectivity index (χ1n) is 9.96. The standard InChI is InChI=1S/C24H18N6O2/c31-22(27-18-6-2-1-3-7-18)14-32-24-20-8-4-5-9-21(20)28-23(29-24)17-10-12-19(13-11-17)30-16-25-15-26-30/h1-13,15-16H,14H2,(H,27,31). The fourth-order valence-corrected chi connectivity index (χ4v) is 3.24. The monoisotopic (exact) mass is 422 g/mol. The van der Waals surface area contributed by atoms with Gasteiger partial charge in [-0.25, -0.2) is 14.6 Å². The molecule has 1 N–H and O–H groups in total. The molecule has 0 aliphatic rings. The number of nitrogens with zero attached hydrogens (tertiary/aromatic N) is 5. The summed E-state index contributed by atoms with van der Waals surface area (Å²) in [6.45, 7) is -0.166. The van der Waals surface area contributed by atoms with Gasteiger partial charge in [-0.15, -0.1) is 0 Å². The predicted molar refractivity (Wildman–Crippen MR) is 120 cm³/mol. The molecule has 32 heavy (non-hydrogen) atoms. The predicted octanol–water partition coefficient (Wildman–Crippen LogP) is 3.90. The topological polar surface area (TPSA) is 94.8 Å². The molecule has 0 atom stereocenters. The van der Waals surface area contributed by atoms with Crippen LogP contribution in [0.4, 0.5) is 5.69 Å². The zero-order valence-corrected chi connectivity index (χ0v) is 16.9. The largest absolute Gasteiger partial charge is 0.467 e. The van der Waals surface area contributed by atoms with E-state index in [0.717, 1.165) is 22.2 Å². The number of anilines is 1. The Morgan fingerprint density at radius 3 is 2.47 bits per heavy atom. The number of hydrogen-bond donors (Lipinski definition) is 1. The molecule has 0 radical (unpaired) electrons. The van der Waals surface area contributed by atoms with Gasteiger partial charge in [0, 0.05) is 11.3 Å². The van der Waals surface area contributed by atoms with Crippen molar-refractivity contribution in [3.8, 4) is 23.0 Å².